The van der Waals surface area contributed by atoms with Crippen molar-refractivity contribution >= 4 is 11.6 Å². The SMILES string of the molecule is Cc1ccc(CC(Cl)C2CCC(C(C)(C)C)CC2)cc1. The Kier molecular flexibility index (Phi) is 5.18. The first-order chi connectivity index (χ1) is 9.36. The summed E-state index contributed by atoms with van der Waals surface area (Å²) in [6.45, 7) is 9.27. The molecule has 1 aromatic carbocycles. The second kappa shape index (κ2) is 6.52. The molecule has 0 radical (unpaired) electrons. The fourth-order valence-electron chi connectivity index (χ4n) is 3.46. The molecule has 1 atom stereocenters. The lowest BCUT2D eigenvalue weighted by molar-refractivity contribution is 0.148. The first-order valence-electron chi connectivity index (χ1n) is 8.06. The van der Waals surface area contributed by atoms with Crippen LogP contribution in [0.5, 0.6) is 0 Å². The Morgan fingerprint density at radius 2 is 1.60 bits per heavy atom. The van der Waals surface area contributed by atoms with Crippen LogP contribution in [0.4, 0.5) is 0 Å². The van der Waals surface area contributed by atoms with Gasteiger partial charge in [-0.05, 0) is 61.8 Å². The Balaban J connectivity index is 1.85. The van der Waals surface area contributed by atoms with Crippen molar-refractivity contribution in [2.24, 2.45) is 17.3 Å². The van der Waals surface area contributed by atoms with Gasteiger partial charge in [0.1, 0.15) is 0 Å². The van der Waals surface area contributed by atoms with E-state index >= 15 is 0 Å². The Hall–Kier alpha value is -0.490. The van der Waals surface area contributed by atoms with Crippen LogP contribution in [0.2, 0.25) is 0 Å². The first kappa shape index (κ1) is 15.9. The van der Waals surface area contributed by atoms with Crippen molar-refractivity contribution in [3.8, 4) is 0 Å². The molecule has 0 nitrogen and oxygen atoms in total. The van der Waals surface area contributed by atoms with Gasteiger partial charge in [-0.25, -0.2) is 0 Å². The van der Waals surface area contributed by atoms with Crippen LogP contribution in [-0.2, 0) is 6.42 Å². The van der Waals surface area contributed by atoms with Crippen LogP contribution in [0.3, 0.4) is 0 Å². The number of alkyl halides is 1. The summed E-state index contributed by atoms with van der Waals surface area (Å²) in [5.41, 5.74) is 3.17. The molecular weight excluding hydrogens is 264 g/mol. The molecule has 1 fully saturated rings. The molecule has 0 N–H and O–H groups in total. The molecule has 0 bridgehead atoms. The number of aryl methyl sites for hydroxylation is 1. The van der Waals surface area contributed by atoms with Crippen molar-refractivity contribution in [2.75, 3.05) is 0 Å². The van der Waals surface area contributed by atoms with Gasteiger partial charge in [0.25, 0.3) is 0 Å². The van der Waals surface area contributed by atoms with Crippen LogP contribution < -0.4 is 0 Å². The predicted octanol–water partition coefficient (Wildman–Crippen LogP) is 6.00. The number of hydrogen-bond donors (Lipinski definition) is 0. The molecule has 0 spiro atoms. The molecule has 1 saturated carbocycles. The van der Waals surface area contributed by atoms with E-state index in [0.29, 0.717) is 16.7 Å². The lowest BCUT2D eigenvalue weighted by Gasteiger charge is -2.38. The molecule has 0 saturated heterocycles. The van der Waals surface area contributed by atoms with Crippen LogP contribution in [0.1, 0.15) is 57.6 Å². The molecule has 0 heterocycles. The molecule has 20 heavy (non-hydrogen) atoms. The van der Waals surface area contributed by atoms with Crippen molar-refractivity contribution in [2.45, 2.75) is 65.2 Å². The average Bonchev–Trinajstić information content (AvgIpc) is 2.40. The normalized spacial score (nSPS) is 25.4. The zero-order valence-electron chi connectivity index (χ0n) is 13.5. The summed E-state index contributed by atoms with van der Waals surface area (Å²) < 4.78 is 0. The zero-order chi connectivity index (χ0) is 14.8. The minimum absolute atomic E-state index is 0.304. The standard InChI is InChI=1S/C19H29Cl/c1-14-5-7-15(8-6-14)13-18(20)16-9-11-17(12-10-16)19(2,3)4/h5-8,16-18H,9-13H2,1-4H3. The highest BCUT2D eigenvalue weighted by Gasteiger charge is 2.32. The van der Waals surface area contributed by atoms with Crippen LogP contribution in [0.25, 0.3) is 0 Å². The van der Waals surface area contributed by atoms with Gasteiger partial charge in [0, 0.05) is 5.38 Å². The Labute approximate surface area is 129 Å². The van der Waals surface area contributed by atoms with Gasteiger partial charge in [-0.15, -0.1) is 11.6 Å². The summed E-state index contributed by atoms with van der Waals surface area (Å²) in [5, 5.41) is 0.304. The van der Waals surface area contributed by atoms with E-state index in [4.69, 9.17) is 11.6 Å². The van der Waals surface area contributed by atoms with Crippen LogP contribution in [0.15, 0.2) is 24.3 Å². The van der Waals surface area contributed by atoms with E-state index in [1.165, 1.54) is 36.8 Å². The maximum Gasteiger partial charge on any atom is 0.0404 e. The van der Waals surface area contributed by atoms with Crippen molar-refractivity contribution in [1.29, 1.82) is 0 Å². The van der Waals surface area contributed by atoms with Gasteiger partial charge >= 0.3 is 0 Å². The van der Waals surface area contributed by atoms with Crippen LogP contribution in [0, 0.1) is 24.2 Å². The molecule has 2 rings (SSSR count). The third-order valence-electron chi connectivity index (χ3n) is 5.06. The maximum atomic E-state index is 6.70. The summed E-state index contributed by atoms with van der Waals surface area (Å²) in [4.78, 5) is 0. The second-order valence-corrected chi connectivity index (χ2v) is 8.24. The van der Waals surface area contributed by atoms with Gasteiger partial charge in [0.05, 0.1) is 0 Å². The summed E-state index contributed by atoms with van der Waals surface area (Å²) in [5.74, 6) is 1.58. The lowest BCUT2D eigenvalue weighted by Crippen LogP contribution is -2.29. The highest BCUT2D eigenvalue weighted by Crippen LogP contribution is 2.41. The van der Waals surface area contributed by atoms with E-state index in [2.05, 4.69) is 52.0 Å². The molecule has 0 aromatic heterocycles. The van der Waals surface area contributed by atoms with Gasteiger partial charge in [-0.3, -0.25) is 0 Å². The van der Waals surface area contributed by atoms with Gasteiger partial charge in [-0.2, -0.15) is 0 Å². The Bertz CT molecular complexity index is 404. The van der Waals surface area contributed by atoms with E-state index < -0.39 is 0 Å². The highest BCUT2D eigenvalue weighted by atomic mass is 35.5. The molecule has 1 heteroatoms. The number of hydrogen-bond acceptors (Lipinski definition) is 0. The number of halogens is 1. The zero-order valence-corrected chi connectivity index (χ0v) is 14.2. The minimum atomic E-state index is 0.304. The van der Waals surface area contributed by atoms with Gasteiger partial charge in [0.2, 0.25) is 0 Å². The second-order valence-electron chi connectivity index (χ2n) is 7.68. The molecular formula is C19H29Cl. The number of rotatable bonds is 3. The minimum Gasteiger partial charge on any atom is -0.122 e. The highest BCUT2D eigenvalue weighted by molar-refractivity contribution is 6.20. The van der Waals surface area contributed by atoms with E-state index in [-0.39, 0.29) is 0 Å². The summed E-state index contributed by atoms with van der Waals surface area (Å²) in [7, 11) is 0. The van der Waals surface area contributed by atoms with Gasteiger partial charge in [-0.1, -0.05) is 50.6 Å². The fraction of sp³-hybridized carbons (Fsp3) is 0.684. The monoisotopic (exact) mass is 292 g/mol. The van der Waals surface area contributed by atoms with Crippen molar-refractivity contribution in [3.05, 3.63) is 35.4 Å². The quantitative estimate of drug-likeness (QED) is 0.600. The van der Waals surface area contributed by atoms with Crippen LogP contribution >= 0.6 is 11.6 Å². The third-order valence-corrected chi connectivity index (χ3v) is 5.57. The van der Waals surface area contributed by atoms with Crippen molar-refractivity contribution in [1.82, 2.24) is 0 Å². The molecule has 1 aromatic rings. The molecule has 1 unspecified atom stereocenters. The summed E-state index contributed by atoms with van der Waals surface area (Å²) in [6, 6.07) is 8.84. The Morgan fingerprint density at radius 3 is 2.10 bits per heavy atom. The van der Waals surface area contributed by atoms with Gasteiger partial charge < -0.3 is 0 Å². The molecule has 112 valence electrons. The summed E-state index contributed by atoms with van der Waals surface area (Å²) >= 11 is 6.70. The summed E-state index contributed by atoms with van der Waals surface area (Å²) in [6.07, 6.45) is 6.34. The largest absolute Gasteiger partial charge is 0.122 e. The van der Waals surface area contributed by atoms with Crippen molar-refractivity contribution < 1.29 is 0 Å². The van der Waals surface area contributed by atoms with Crippen LogP contribution in [-0.4, -0.2) is 5.38 Å². The van der Waals surface area contributed by atoms with Crippen molar-refractivity contribution in [3.63, 3.8) is 0 Å². The lowest BCUT2D eigenvalue weighted by atomic mass is 9.69. The Morgan fingerprint density at radius 1 is 1.05 bits per heavy atom. The predicted molar refractivity (Wildman–Crippen MR) is 89.4 cm³/mol. The van der Waals surface area contributed by atoms with E-state index in [1.807, 2.05) is 0 Å². The third kappa shape index (κ3) is 4.25. The topological polar surface area (TPSA) is 0 Å². The van der Waals surface area contributed by atoms with Gasteiger partial charge in [0.15, 0.2) is 0 Å². The smallest absolute Gasteiger partial charge is 0.0404 e. The molecule has 1 aliphatic carbocycles. The fourth-order valence-corrected chi connectivity index (χ4v) is 3.89. The molecule has 1 aliphatic rings. The molecule has 0 aliphatic heterocycles. The average molecular weight is 293 g/mol. The van der Waals surface area contributed by atoms with E-state index in [9.17, 15) is 0 Å². The van der Waals surface area contributed by atoms with E-state index in [0.717, 1.165) is 12.3 Å². The number of benzene rings is 1. The van der Waals surface area contributed by atoms with E-state index in [1.54, 1.807) is 0 Å². The first-order valence-corrected chi connectivity index (χ1v) is 8.49. The molecule has 0 amide bonds. The maximum absolute atomic E-state index is 6.70.